The summed E-state index contributed by atoms with van der Waals surface area (Å²) >= 11 is 0. The Kier molecular flexibility index (Phi) is 7.06. The third-order valence-corrected chi connectivity index (χ3v) is 5.56. The van der Waals surface area contributed by atoms with Crippen molar-refractivity contribution in [3.8, 4) is 11.1 Å². The van der Waals surface area contributed by atoms with E-state index in [0.717, 1.165) is 23.2 Å². The monoisotopic (exact) mass is 396 g/mol. The molecular weight excluding hydrogens is 364 g/mol. The Morgan fingerprint density at radius 3 is 2.66 bits per heavy atom. The molecule has 1 unspecified atom stereocenters. The quantitative estimate of drug-likeness (QED) is 0.756. The maximum absolute atomic E-state index is 13.1. The van der Waals surface area contributed by atoms with Crippen LogP contribution < -0.4 is 5.32 Å². The molecule has 2 aromatic carbocycles. The molecule has 0 radical (unpaired) electrons. The first-order valence-corrected chi connectivity index (χ1v) is 10.4. The van der Waals surface area contributed by atoms with Crippen molar-refractivity contribution < 1.29 is 14.6 Å². The Morgan fingerprint density at radius 1 is 1.21 bits per heavy atom. The van der Waals surface area contributed by atoms with E-state index in [9.17, 15) is 4.79 Å². The number of nitrogens with zero attached hydrogens (tertiary/aromatic N) is 1. The van der Waals surface area contributed by atoms with Crippen LogP contribution in [0.2, 0.25) is 0 Å². The molecule has 1 aliphatic heterocycles. The lowest BCUT2D eigenvalue weighted by atomic mass is 9.89. The second kappa shape index (κ2) is 9.53. The average molecular weight is 397 g/mol. The predicted octanol–water partition coefficient (Wildman–Crippen LogP) is 2.79. The van der Waals surface area contributed by atoms with Crippen molar-refractivity contribution in [2.75, 3.05) is 32.8 Å². The number of benzene rings is 2. The summed E-state index contributed by atoms with van der Waals surface area (Å²) in [5.74, 6) is -0.155. The van der Waals surface area contributed by atoms with E-state index in [0.29, 0.717) is 25.6 Å². The third-order valence-electron chi connectivity index (χ3n) is 5.56. The van der Waals surface area contributed by atoms with Gasteiger partial charge in [0.2, 0.25) is 0 Å². The third kappa shape index (κ3) is 5.24. The van der Waals surface area contributed by atoms with E-state index in [1.807, 2.05) is 6.07 Å². The molecule has 0 saturated carbocycles. The number of carbonyl (C=O) groups is 1. The van der Waals surface area contributed by atoms with Gasteiger partial charge < -0.3 is 15.2 Å². The Morgan fingerprint density at radius 2 is 1.97 bits per heavy atom. The number of aryl methyl sites for hydroxylation is 1. The lowest BCUT2D eigenvalue weighted by Crippen LogP contribution is -2.62. The van der Waals surface area contributed by atoms with Crippen LogP contribution in [0.5, 0.6) is 0 Å². The Bertz CT molecular complexity index is 819. The van der Waals surface area contributed by atoms with Gasteiger partial charge in [0, 0.05) is 32.1 Å². The van der Waals surface area contributed by atoms with Crippen LogP contribution in [-0.4, -0.2) is 60.4 Å². The molecule has 2 aromatic rings. The van der Waals surface area contributed by atoms with E-state index >= 15 is 0 Å². The molecule has 1 aliphatic rings. The average Bonchev–Trinajstić information content (AvgIpc) is 2.72. The van der Waals surface area contributed by atoms with Crippen molar-refractivity contribution in [2.45, 2.75) is 38.8 Å². The summed E-state index contributed by atoms with van der Waals surface area (Å²) in [4.78, 5) is 15.4. The van der Waals surface area contributed by atoms with Gasteiger partial charge in [-0.25, -0.2) is 0 Å². The van der Waals surface area contributed by atoms with E-state index in [2.05, 4.69) is 73.5 Å². The largest absolute Gasteiger partial charge is 0.395 e. The van der Waals surface area contributed by atoms with E-state index < -0.39 is 5.60 Å². The van der Waals surface area contributed by atoms with E-state index in [-0.39, 0.29) is 19.1 Å². The minimum atomic E-state index is -0.955. The molecular formula is C24H32N2O3. The lowest BCUT2D eigenvalue weighted by Gasteiger charge is -2.43. The van der Waals surface area contributed by atoms with E-state index in [4.69, 9.17) is 9.84 Å². The summed E-state index contributed by atoms with van der Waals surface area (Å²) in [5, 5.41) is 12.0. The molecule has 0 aromatic heterocycles. The fourth-order valence-corrected chi connectivity index (χ4v) is 3.84. The Hall–Kier alpha value is -2.21. The summed E-state index contributed by atoms with van der Waals surface area (Å²) in [5.41, 5.74) is 3.63. The zero-order chi connectivity index (χ0) is 20.9. The first kappa shape index (κ1) is 21.5. The zero-order valence-electron chi connectivity index (χ0n) is 17.6. The molecule has 1 heterocycles. The number of aliphatic hydroxyl groups excluding tert-OH is 1. The van der Waals surface area contributed by atoms with Gasteiger partial charge in [0.25, 0.3) is 5.91 Å². The number of carbonyl (C=O) groups excluding carboxylic acids is 1. The molecule has 1 amide bonds. The second-order valence-corrected chi connectivity index (χ2v) is 8.13. The van der Waals surface area contributed by atoms with Gasteiger partial charge in [-0.3, -0.25) is 9.69 Å². The van der Waals surface area contributed by atoms with Crippen molar-refractivity contribution in [3.63, 3.8) is 0 Å². The lowest BCUT2D eigenvalue weighted by molar-refractivity contribution is -0.162. The van der Waals surface area contributed by atoms with Gasteiger partial charge in [-0.1, -0.05) is 54.1 Å². The predicted molar refractivity (Wildman–Crippen MR) is 116 cm³/mol. The number of ether oxygens (including phenoxy) is 1. The topological polar surface area (TPSA) is 61.8 Å². The highest BCUT2D eigenvalue weighted by molar-refractivity contribution is 5.86. The fourth-order valence-electron chi connectivity index (χ4n) is 3.84. The maximum Gasteiger partial charge on any atom is 0.254 e. The first-order chi connectivity index (χ1) is 13.9. The molecule has 0 spiro atoms. The minimum absolute atomic E-state index is 0.0847. The first-order valence-electron chi connectivity index (χ1n) is 10.4. The molecule has 3 rings (SSSR count). The van der Waals surface area contributed by atoms with Gasteiger partial charge in [0.1, 0.15) is 0 Å². The molecule has 0 bridgehead atoms. The molecule has 5 heteroatoms. The van der Waals surface area contributed by atoms with Crippen LogP contribution in [0.4, 0.5) is 0 Å². The van der Waals surface area contributed by atoms with Gasteiger partial charge in [-0.15, -0.1) is 0 Å². The number of aliphatic hydroxyl groups is 1. The van der Waals surface area contributed by atoms with Crippen molar-refractivity contribution in [1.29, 1.82) is 0 Å². The Balaban J connectivity index is 1.88. The van der Waals surface area contributed by atoms with Crippen molar-refractivity contribution in [2.24, 2.45) is 0 Å². The smallest absolute Gasteiger partial charge is 0.254 e. The van der Waals surface area contributed by atoms with Crippen LogP contribution in [0.15, 0.2) is 48.5 Å². The van der Waals surface area contributed by atoms with Crippen LogP contribution in [0.25, 0.3) is 11.1 Å². The number of amides is 1. The fraction of sp³-hybridized carbons (Fsp3) is 0.458. The van der Waals surface area contributed by atoms with Crippen LogP contribution in [0, 0.1) is 6.92 Å². The minimum Gasteiger partial charge on any atom is -0.395 e. The van der Waals surface area contributed by atoms with Crippen LogP contribution >= 0.6 is 0 Å². The highest BCUT2D eigenvalue weighted by Crippen LogP contribution is 2.28. The van der Waals surface area contributed by atoms with Crippen molar-refractivity contribution in [3.05, 3.63) is 59.7 Å². The SMILES string of the molecule is Cc1ccc(-c2cccc(CC3(C(=O)NCCO)CN(C(C)C)CCO3)c2)cc1. The van der Waals surface area contributed by atoms with Crippen LogP contribution in [-0.2, 0) is 16.0 Å². The standard InChI is InChI=1S/C24H32N2O3/c1-18(2)26-12-14-29-24(17-26,23(28)25-11-13-27)16-20-5-4-6-22(15-20)21-9-7-19(3)8-10-21/h4-10,15,18,27H,11-14,16-17H2,1-3H3,(H,25,28). The number of nitrogens with one attached hydrogen (secondary N) is 1. The van der Waals surface area contributed by atoms with Crippen LogP contribution in [0.1, 0.15) is 25.0 Å². The van der Waals surface area contributed by atoms with Gasteiger partial charge in [0.05, 0.1) is 13.2 Å². The van der Waals surface area contributed by atoms with Gasteiger partial charge in [-0.2, -0.15) is 0 Å². The van der Waals surface area contributed by atoms with Gasteiger partial charge >= 0.3 is 0 Å². The van der Waals surface area contributed by atoms with Gasteiger partial charge in [0.15, 0.2) is 5.60 Å². The summed E-state index contributed by atoms with van der Waals surface area (Å²) < 4.78 is 6.13. The molecule has 0 aliphatic carbocycles. The molecule has 5 nitrogen and oxygen atoms in total. The number of hydrogen-bond acceptors (Lipinski definition) is 4. The van der Waals surface area contributed by atoms with Crippen molar-refractivity contribution in [1.82, 2.24) is 10.2 Å². The van der Waals surface area contributed by atoms with E-state index in [1.165, 1.54) is 5.56 Å². The van der Waals surface area contributed by atoms with Crippen molar-refractivity contribution >= 4 is 5.91 Å². The van der Waals surface area contributed by atoms with Gasteiger partial charge in [-0.05, 0) is 37.5 Å². The van der Waals surface area contributed by atoms with Crippen LogP contribution in [0.3, 0.4) is 0 Å². The normalized spacial score (nSPS) is 20.0. The molecule has 1 saturated heterocycles. The number of morpholine rings is 1. The molecule has 156 valence electrons. The highest BCUT2D eigenvalue weighted by Gasteiger charge is 2.44. The number of hydrogen-bond donors (Lipinski definition) is 2. The molecule has 1 atom stereocenters. The molecule has 2 N–H and O–H groups in total. The second-order valence-electron chi connectivity index (χ2n) is 8.13. The highest BCUT2D eigenvalue weighted by atomic mass is 16.5. The Labute approximate surface area is 173 Å². The summed E-state index contributed by atoms with van der Waals surface area (Å²) in [7, 11) is 0. The number of rotatable bonds is 7. The summed E-state index contributed by atoms with van der Waals surface area (Å²) in [6.07, 6.45) is 0.493. The zero-order valence-corrected chi connectivity index (χ0v) is 17.6. The molecule has 29 heavy (non-hydrogen) atoms. The van der Waals surface area contributed by atoms with E-state index in [1.54, 1.807) is 0 Å². The summed E-state index contributed by atoms with van der Waals surface area (Å²) in [6, 6.07) is 17.1. The maximum atomic E-state index is 13.1. The molecule has 1 fully saturated rings. The summed E-state index contributed by atoms with van der Waals surface area (Å²) in [6.45, 7) is 8.37.